The van der Waals surface area contributed by atoms with E-state index in [9.17, 15) is 26.4 Å². The first-order chi connectivity index (χ1) is 9.08. The molecule has 0 saturated carbocycles. The Balaban J connectivity index is 3.13. The largest absolute Gasteiger partial charge is 0.480 e. The molecule has 0 saturated heterocycles. The predicted octanol–water partition coefficient (Wildman–Crippen LogP) is 0.429. The van der Waals surface area contributed by atoms with Crippen molar-refractivity contribution < 1.29 is 36.6 Å². The van der Waals surface area contributed by atoms with E-state index in [1.807, 2.05) is 0 Å². The van der Waals surface area contributed by atoms with Crippen LogP contribution >= 0.6 is 0 Å². The minimum absolute atomic E-state index is 0.374. The molecule has 0 aliphatic heterocycles. The molecule has 0 aliphatic carbocycles. The number of alkyl halides is 3. The second-order valence-electron chi connectivity index (χ2n) is 3.72. The monoisotopic (exact) mass is 313 g/mol. The number of carbonyl (C=O) groups is 1. The van der Waals surface area contributed by atoms with Crippen LogP contribution in [-0.4, -0.2) is 37.2 Å². The minimum Gasteiger partial charge on any atom is -0.480 e. The van der Waals surface area contributed by atoms with Crippen molar-refractivity contribution in [1.82, 2.24) is 4.72 Å². The van der Waals surface area contributed by atoms with Crippen molar-refractivity contribution in [2.75, 3.05) is 6.61 Å². The van der Waals surface area contributed by atoms with Crippen LogP contribution in [0.2, 0.25) is 0 Å². The van der Waals surface area contributed by atoms with E-state index in [0.717, 1.165) is 12.1 Å². The van der Waals surface area contributed by atoms with Gasteiger partial charge < -0.3 is 10.2 Å². The van der Waals surface area contributed by atoms with Crippen LogP contribution in [0.15, 0.2) is 29.2 Å². The lowest BCUT2D eigenvalue weighted by molar-refractivity contribution is -0.140. The zero-order valence-electron chi connectivity index (χ0n) is 9.76. The van der Waals surface area contributed by atoms with Crippen molar-refractivity contribution in [3.05, 3.63) is 29.8 Å². The molecule has 10 heteroatoms. The number of halogens is 3. The number of hydrogen-bond donors (Lipinski definition) is 3. The molecule has 0 heterocycles. The zero-order valence-corrected chi connectivity index (χ0v) is 10.6. The fraction of sp³-hybridized carbons (Fsp3) is 0.300. The highest BCUT2D eigenvalue weighted by Gasteiger charge is 2.32. The molecule has 0 radical (unpaired) electrons. The molecule has 1 aromatic rings. The Kier molecular flexibility index (Phi) is 4.73. The SMILES string of the molecule is O=C(O)[C@H](CO)NS(=O)(=O)c1cccc(C(F)(F)F)c1. The second-order valence-corrected chi connectivity index (χ2v) is 5.43. The molecule has 1 aromatic carbocycles. The number of sulfonamides is 1. The van der Waals surface area contributed by atoms with E-state index >= 15 is 0 Å². The molecule has 0 unspecified atom stereocenters. The standard InChI is InChI=1S/C10H10F3NO5S/c11-10(12,13)6-2-1-3-7(4-6)20(18,19)14-8(5-15)9(16)17/h1-4,8,14-15H,5H2,(H,16,17)/t8-/m0/s1. The van der Waals surface area contributed by atoms with E-state index in [0.29, 0.717) is 12.1 Å². The number of carboxylic acid groups (broad SMARTS) is 1. The van der Waals surface area contributed by atoms with Gasteiger partial charge in [0.25, 0.3) is 0 Å². The molecule has 1 rings (SSSR count). The summed E-state index contributed by atoms with van der Waals surface area (Å²) in [6, 6.07) is 0.979. The molecule has 0 aromatic heterocycles. The Morgan fingerprint density at radius 3 is 2.40 bits per heavy atom. The first-order valence-electron chi connectivity index (χ1n) is 5.11. The van der Waals surface area contributed by atoms with E-state index < -0.39 is 45.3 Å². The summed E-state index contributed by atoms with van der Waals surface area (Å²) in [5.74, 6) is -1.65. The lowest BCUT2D eigenvalue weighted by Crippen LogP contribution is -2.43. The Labute approximate surface area is 111 Å². The number of hydrogen-bond acceptors (Lipinski definition) is 4. The topological polar surface area (TPSA) is 104 Å². The molecular weight excluding hydrogens is 303 g/mol. The van der Waals surface area contributed by atoms with Gasteiger partial charge in [0.15, 0.2) is 0 Å². The number of nitrogens with one attached hydrogen (secondary N) is 1. The number of carboxylic acids is 1. The summed E-state index contributed by atoms with van der Waals surface area (Å²) < 4.78 is 62.4. The Morgan fingerprint density at radius 2 is 1.95 bits per heavy atom. The Morgan fingerprint density at radius 1 is 1.35 bits per heavy atom. The van der Waals surface area contributed by atoms with Crippen molar-refractivity contribution >= 4 is 16.0 Å². The number of rotatable bonds is 5. The molecule has 0 bridgehead atoms. The van der Waals surface area contributed by atoms with Crippen molar-refractivity contribution in [2.45, 2.75) is 17.1 Å². The number of aliphatic hydroxyl groups is 1. The van der Waals surface area contributed by atoms with Gasteiger partial charge in [-0.2, -0.15) is 17.9 Å². The third-order valence-electron chi connectivity index (χ3n) is 2.25. The molecule has 6 nitrogen and oxygen atoms in total. The molecule has 0 fully saturated rings. The van der Waals surface area contributed by atoms with Crippen LogP contribution in [0.3, 0.4) is 0 Å². The summed E-state index contributed by atoms with van der Waals surface area (Å²) in [7, 11) is -4.49. The third-order valence-corrected chi connectivity index (χ3v) is 3.72. The highest BCUT2D eigenvalue weighted by molar-refractivity contribution is 7.89. The van der Waals surface area contributed by atoms with Crippen molar-refractivity contribution in [2.24, 2.45) is 0 Å². The average molecular weight is 313 g/mol. The van der Waals surface area contributed by atoms with Crippen LogP contribution < -0.4 is 4.72 Å². The highest BCUT2D eigenvalue weighted by Crippen LogP contribution is 2.30. The first kappa shape index (κ1) is 16.4. The van der Waals surface area contributed by atoms with Crippen molar-refractivity contribution in [3.63, 3.8) is 0 Å². The normalized spacial score (nSPS) is 14.0. The van der Waals surface area contributed by atoms with Gasteiger partial charge in [-0.05, 0) is 18.2 Å². The first-order valence-corrected chi connectivity index (χ1v) is 6.59. The lowest BCUT2D eigenvalue weighted by Gasteiger charge is -2.13. The molecule has 112 valence electrons. The van der Waals surface area contributed by atoms with E-state index in [-0.39, 0.29) is 0 Å². The van der Waals surface area contributed by atoms with Gasteiger partial charge >= 0.3 is 12.1 Å². The summed E-state index contributed by atoms with van der Waals surface area (Å²) >= 11 is 0. The summed E-state index contributed by atoms with van der Waals surface area (Å²) in [4.78, 5) is 9.86. The molecule has 1 atom stereocenters. The predicted molar refractivity (Wildman–Crippen MR) is 60.3 cm³/mol. The zero-order chi connectivity index (χ0) is 15.6. The molecule has 20 heavy (non-hydrogen) atoms. The van der Waals surface area contributed by atoms with Gasteiger partial charge in [-0.25, -0.2) is 8.42 Å². The van der Waals surface area contributed by atoms with Crippen LogP contribution in [0.25, 0.3) is 0 Å². The maximum absolute atomic E-state index is 12.5. The van der Waals surface area contributed by atoms with Gasteiger partial charge in [0.2, 0.25) is 10.0 Å². The fourth-order valence-corrected chi connectivity index (χ4v) is 2.49. The average Bonchev–Trinajstić information content (AvgIpc) is 2.35. The highest BCUT2D eigenvalue weighted by atomic mass is 32.2. The van der Waals surface area contributed by atoms with E-state index in [2.05, 4.69) is 0 Å². The Hall–Kier alpha value is -1.65. The number of benzene rings is 1. The lowest BCUT2D eigenvalue weighted by atomic mass is 10.2. The maximum atomic E-state index is 12.5. The smallest absolute Gasteiger partial charge is 0.416 e. The number of aliphatic hydroxyl groups excluding tert-OH is 1. The summed E-state index contributed by atoms with van der Waals surface area (Å²) in [6.45, 7) is -1.03. The van der Waals surface area contributed by atoms with Gasteiger partial charge in [-0.15, -0.1) is 0 Å². The van der Waals surface area contributed by atoms with E-state index in [1.165, 1.54) is 0 Å². The molecule has 0 amide bonds. The van der Waals surface area contributed by atoms with Gasteiger partial charge in [0.1, 0.15) is 6.04 Å². The van der Waals surface area contributed by atoms with Gasteiger partial charge in [0, 0.05) is 0 Å². The number of aliphatic carboxylic acids is 1. The van der Waals surface area contributed by atoms with Gasteiger partial charge in [-0.3, -0.25) is 4.79 Å². The van der Waals surface area contributed by atoms with Crippen LogP contribution in [0.1, 0.15) is 5.56 Å². The second kappa shape index (κ2) is 5.77. The third kappa shape index (κ3) is 3.92. The maximum Gasteiger partial charge on any atom is 0.416 e. The van der Waals surface area contributed by atoms with E-state index in [4.69, 9.17) is 10.2 Å². The Bertz CT molecular complexity index is 599. The molecule has 0 aliphatic rings. The quantitative estimate of drug-likeness (QED) is 0.731. The summed E-state index contributed by atoms with van der Waals surface area (Å²) in [6.07, 6.45) is -4.73. The van der Waals surface area contributed by atoms with Gasteiger partial charge in [0.05, 0.1) is 17.1 Å². The summed E-state index contributed by atoms with van der Waals surface area (Å²) in [5.41, 5.74) is -1.18. The van der Waals surface area contributed by atoms with Crippen LogP contribution in [0.4, 0.5) is 13.2 Å². The van der Waals surface area contributed by atoms with Crippen LogP contribution in [0.5, 0.6) is 0 Å². The van der Waals surface area contributed by atoms with E-state index in [1.54, 1.807) is 4.72 Å². The molecular formula is C10H10F3NO5S. The van der Waals surface area contributed by atoms with Crippen LogP contribution in [0, 0.1) is 0 Å². The minimum atomic E-state index is -4.73. The van der Waals surface area contributed by atoms with Crippen molar-refractivity contribution in [1.29, 1.82) is 0 Å². The van der Waals surface area contributed by atoms with Gasteiger partial charge in [-0.1, -0.05) is 6.07 Å². The molecule has 3 N–H and O–H groups in total. The van der Waals surface area contributed by atoms with Crippen molar-refractivity contribution in [3.8, 4) is 0 Å². The molecule has 0 spiro atoms. The van der Waals surface area contributed by atoms with Crippen LogP contribution in [-0.2, 0) is 21.0 Å². The fourth-order valence-electron chi connectivity index (χ4n) is 1.26. The summed E-state index contributed by atoms with van der Waals surface area (Å²) in [5, 5.41) is 17.3.